The highest BCUT2D eigenvalue weighted by molar-refractivity contribution is 6.32. The van der Waals surface area contributed by atoms with Crippen LogP contribution in [0.15, 0.2) is 24.3 Å². The molecule has 23 heavy (non-hydrogen) atoms. The van der Waals surface area contributed by atoms with Crippen LogP contribution in [0.5, 0.6) is 5.75 Å². The maximum absolute atomic E-state index is 6.33. The van der Waals surface area contributed by atoms with Gasteiger partial charge in [0.05, 0.1) is 17.3 Å². The third-order valence-electron chi connectivity index (χ3n) is 3.94. The minimum absolute atomic E-state index is 0.00558. The standard InChI is InChI=1S/C18H26ClN3O/c1-6-23-16-8-7-12(9-14(16)19)13(11-20)15-10-17(18(2,3)4)21-22(15)5/h7-10,13H,6,11,20H2,1-5H3. The second-order valence-corrected chi connectivity index (χ2v) is 7.15. The predicted octanol–water partition coefficient (Wildman–Crippen LogP) is 3.86. The molecule has 0 aliphatic carbocycles. The molecule has 0 saturated carbocycles. The monoisotopic (exact) mass is 335 g/mol. The average Bonchev–Trinajstić information content (AvgIpc) is 2.85. The van der Waals surface area contributed by atoms with E-state index in [9.17, 15) is 0 Å². The molecular weight excluding hydrogens is 310 g/mol. The fourth-order valence-electron chi connectivity index (χ4n) is 2.61. The van der Waals surface area contributed by atoms with E-state index in [0.717, 1.165) is 17.0 Å². The van der Waals surface area contributed by atoms with Crippen molar-refractivity contribution < 1.29 is 4.74 Å². The van der Waals surface area contributed by atoms with Crippen molar-refractivity contribution in [2.24, 2.45) is 12.8 Å². The molecule has 1 atom stereocenters. The molecule has 2 N–H and O–H groups in total. The smallest absolute Gasteiger partial charge is 0.137 e. The third-order valence-corrected chi connectivity index (χ3v) is 4.23. The Kier molecular flexibility index (Phi) is 5.37. The molecule has 1 aromatic heterocycles. The lowest BCUT2D eigenvalue weighted by Crippen LogP contribution is -2.17. The van der Waals surface area contributed by atoms with Crippen LogP contribution in [0.1, 0.15) is 50.6 Å². The zero-order chi connectivity index (χ0) is 17.2. The van der Waals surface area contributed by atoms with Crippen LogP contribution in [0.25, 0.3) is 0 Å². The first-order valence-electron chi connectivity index (χ1n) is 7.94. The Hall–Kier alpha value is -1.52. The first-order chi connectivity index (χ1) is 10.8. The summed E-state index contributed by atoms with van der Waals surface area (Å²) in [6.45, 7) is 9.50. The summed E-state index contributed by atoms with van der Waals surface area (Å²) >= 11 is 6.33. The zero-order valence-electron chi connectivity index (χ0n) is 14.6. The van der Waals surface area contributed by atoms with Gasteiger partial charge in [-0.25, -0.2) is 0 Å². The molecule has 1 heterocycles. The number of aromatic nitrogens is 2. The Labute approximate surface area is 143 Å². The van der Waals surface area contributed by atoms with Crippen LogP contribution in [-0.4, -0.2) is 22.9 Å². The van der Waals surface area contributed by atoms with Crippen LogP contribution >= 0.6 is 11.6 Å². The van der Waals surface area contributed by atoms with E-state index in [4.69, 9.17) is 22.1 Å². The number of nitrogens with zero attached hydrogens (tertiary/aromatic N) is 2. The van der Waals surface area contributed by atoms with Crippen molar-refractivity contribution in [2.75, 3.05) is 13.2 Å². The Balaban J connectivity index is 2.40. The van der Waals surface area contributed by atoms with Crippen LogP contribution in [0.3, 0.4) is 0 Å². The molecule has 4 nitrogen and oxygen atoms in total. The van der Waals surface area contributed by atoms with Gasteiger partial charge in [0.15, 0.2) is 0 Å². The third kappa shape index (κ3) is 3.88. The lowest BCUT2D eigenvalue weighted by atomic mass is 9.90. The summed E-state index contributed by atoms with van der Waals surface area (Å²) in [7, 11) is 1.96. The van der Waals surface area contributed by atoms with Crippen LogP contribution in [0.4, 0.5) is 0 Å². The Morgan fingerprint density at radius 1 is 1.30 bits per heavy atom. The molecular formula is C18H26ClN3O. The Morgan fingerprint density at radius 3 is 2.48 bits per heavy atom. The molecule has 2 aromatic rings. The SMILES string of the molecule is CCOc1ccc(C(CN)c2cc(C(C)(C)C)nn2C)cc1Cl. The molecule has 0 saturated heterocycles. The molecule has 0 radical (unpaired) electrons. The second kappa shape index (κ2) is 6.93. The van der Waals surface area contributed by atoms with Gasteiger partial charge in [-0.15, -0.1) is 0 Å². The number of ether oxygens (including phenoxy) is 1. The summed E-state index contributed by atoms with van der Waals surface area (Å²) in [5.41, 5.74) is 9.29. The van der Waals surface area contributed by atoms with Gasteiger partial charge in [0.25, 0.3) is 0 Å². The van der Waals surface area contributed by atoms with E-state index in [1.807, 2.05) is 36.9 Å². The van der Waals surface area contributed by atoms with E-state index in [0.29, 0.717) is 23.9 Å². The minimum Gasteiger partial charge on any atom is -0.492 e. The van der Waals surface area contributed by atoms with Crippen LogP contribution in [0.2, 0.25) is 5.02 Å². The minimum atomic E-state index is 0.00558. The number of nitrogens with two attached hydrogens (primary N) is 1. The summed E-state index contributed by atoms with van der Waals surface area (Å²) in [6.07, 6.45) is 0. The van der Waals surface area contributed by atoms with Crippen molar-refractivity contribution in [1.29, 1.82) is 0 Å². The van der Waals surface area contributed by atoms with E-state index in [1.54, 1.807) is 0 Å². The topological polar surface area (TPSA) is 53.1 Å². The van der Waals surface area contributed by atoms with Crippen molar-refractivity contribution in [2.45, 2.75) is 39.0 Å². The van der Waals surface area contributed by atoms with Gasteiger partial charge >= 0.3 is 0 Å². The van der Waals surface area contributed by atoms with Gasteiger partial charge in [0.2, 0.25) is 0 Å². The number of benzene rings is 1. The highest BCUT2D eigenvalue weighted by Gasteiger charge is 2.23. The van der Waals surface area contributed by atoms with Crippen molar-refractivity contribution >= 4 is 11.6 Å². The van der Waals surface area contributed by atoms with E-state index < -0.39 is 0 Å². The first-order valence-corrected chi connectivity index (χ1v) is 8.32. The number of aryl methyl sites for hydroxylation is 1. The lowest BCUT2D eigenvalue weighted by molar-refractivity contribution is 0.340. The lowest BCUT2D eigenvalue weighted by Gasteiger charge is -2.17. The maximum atomic E-state index is 6.33. The molecule has 1 unspecified atom stereocenters. The number of hydrogen-bond donors (Lipinski definition) is 1. The molecule has 126 valence electrons. The van der Waals surface area contributed by atoms with Crippen LogP contribution in [-0.2, 0) is 12.5 Å². The van der Waals surface area contributed by atoms with Crippen molar-refractivity contribution in [3.63, 3.8) is 0 Å². The molecule has 0 spiro atoms. The average molecular weight is 336 g/mol. The summed E-state index contributed by atoms with van der Waals surface area (Å²) in [5, 5.41) is 5.26. The van der Waals surface area contributed by atoms with Crippen LogP contribution < -0.4 is 10.5 Å². The predicted molar refractivity (Wildman–Crippen MR) is 95.4 cm³/mol. The molecule has 0 aliphatic rings. The highest BCUT2D eigenvalue weighted by Crippen LogP contribution is 2.32. The summed E-state index contributed by atoms with van der Waals surface area (Å²) < 4.78 is 7.42. The summed E-state index contributed by atoms with van der Waals surface area (Å²) in [4.78, 5) is 0. The highest BCUT2D eigenvalue weighted by atomic mass is 35.5. The van der Waals surface area contributed by atoms with E-state index in [1.165, 1.54) is 0 Å². The zero-order valence-corrected chi connectivity index (χ0v) is 15.3. The molecule has 1 aromatic carbocycles. The second-order valence-electron chi connectivity index (χ2n) is 6.74. The Bertz CT molecular complexity index is 673. The maximum Gasteiger partial charge on any atom is 0.137 e. The molecule has 0 fully saturated rings. The largest absolute Gasteiger partial charge is 0.492 e. The van der Waals surface area contributed by atoms with Crippen molar-refractivity contribution in [1.82, 2.24) is 9.78 Å². The van der Waals surface area contributed by atoms with Gasteiger partial charge in [-0.3, -0.25) is 4.68 Å². The normalized spacial score (nSPS) is 13.2. The first kappa shape index (κ1) is 17.8. The van der Waals surface area contributed by atoms with Gasteiger partial charge in [0, 0.05) is 30.6 Å². The van der Waals surface area contributed by atoms with E-state index >= 15 is 0 Å². The molecule has 0 aliphatic heterocycles. The quantitative estimate of drug-likeness (QED) is 0.902. The molecule has 0 bridgehead atoms. The van der Waals surface area contributed by atoms with Gasteiger partial charge in [-0.2, -0.15) is 5.10 Å². The fourth-order valence-corrected chi connectivity index (χ4v) is 2.85. The summed E-state index contributed by atoms with van der Waals surface area (Å²) in [6, 6.07) is 8.01. The number of hydrogen-bond acceptors (Lipinski definition) is 3. The van der Waals surface area contributed by atoms with Crippen molar-refractivity contribution in [3.05, 3.63) is 46.2 Å². The summed E-state index contributed by atoms with van der Waals surface area (Å²) in [5.74, 6) is 0.755. The van der Waals surface area contributed by atoms with Crippen LogP contribution in [0, 0.1) is 0 Å². The van der Waals surface area contributed by atoms with E-state index in [2.05, 4.69) is 31.9 Å². The fraction of sp³-hybridized carbons (Fsp3) is 0.500. The molecule has 0 amide bonds. The molecule has 2 rings (SSSR count). The van der Waals surface area contributed by atoms with E-state index in [-0.39, 0.29) is 11.3 Å². The van der Waals surface area contributed by atoms with Crippen molar-refractivity contribution in [3.8, 4) is 5.75 Å². The van der Waals surface area contributed by atoms with Gasteiger partial charge in [-0.05, 0) is 30.7 Å². The Morgan fingerprint density at radius 2 is 2.00 bits per heavy atom. The van der Waals surface area contributed by atoms with Gasteiger partial charge < -0.3 is 10.5 Å². The number of rotatable bonds is 5. The van der Waals surface area contributed by atoms with Gasteiger partial charge in [0.1, 0.15) is 5.75 Å². The molecule has 5 heteroatoms. The van der Waals surface area contributed by atoms with Gasteiger partial charge in [-0.1, -0.05) is 38.4 Å². The number of halogens is 1.